The van der Waals surface area contributed by atoms with Crippen molar-refractivity contribution in [1.29, 1.82) is 0 Å². The van der Waals surface area contributed by atoms with E-state index in [1.807, 2.05) is 12.3 Å². The summed E-state index contributed by atoms with van der Waals surface area (Å²) in [6, 6.07) is 8.42. The minimum atomic E-state index is -0.270. The van der Waals surface area contributed by atoms with Crippen LogP contribution in [0.3, 0.4) is 0 Å². The van der Waals surface area contributed by atoms with Gasteiger partial charge in [0.2, 0.25) is 0 Å². The SMILES string of the molecule is CC(C)c1nc(N)c2nc3[nH]ncc3cc2c1-c1ccc(F)cc1.COSC. The minimum Gasteiger partial charge on any atom is -0.382 e. The summed E-state index contributed by atoms with van der Waals surface area (Å²) in [4.78, 5) is 9.14. The molecule has 0 aliphatic rings. The summed E-state index contributed by atoms with van der Waals surface area (Å²) in [6.45, 7) is 4.12. The molecule has 3 heterocycles. The summed E-state index contributed by atoms with van der Waals surface area (Å²) in [7, 11) is 1.64. The lowest BCUT2D eigenvalue weighted by atomic mass is 9.93. The molecule has 146 valence electrons. The third-order valence-electron chi connectivity index (χ3n) is 4.28. The van der Waals surface area contributed by atoms with Gasteiger partial charge in [-0.05, 0) is 41.7 Å². The summed E-state index contributed by atoms with van der Waals surface area (Å²) in [5.41, 5.74) is 10.1. The van der Waals surface area contributed by atoms with Crippen LogP contribution in [0.5, 0.6) is 0 Å². The molecule has 1 aromatic carbocycles. The molecule has 0 fully saturated rings. The zero-order valence-corrected chi connectivity index (χ0v) is 17.0. The van der Waals surface area contributed by atoms with Crippen molar-refractivity contribution in [1.82, 2.24) is 20.2 Å². The molecule has 0 saturated heterocycles. The molecule has 0 radical (unpaired) electrons. The molecule has 0 amide bonds. The van der Waals surface area contributed by atoms with E-state index < -0.39 is 0 Å². The number of aromatic amines is 1. The highest BCUT2D eigenvalue weighted by Gasteiger charge is 2.18. The van der Waals surface area contributed by atoms with E-state index in [-0.39, 0.29) is 11.7 Å². The van der Waals surface area contributed by atoms with Crippen LogP contribution in [0.1, 0.15) is 25.5 Å². The first kappa shape index (κ1) is 20.0. The quantitative estimate of drug-likeness (QED) is 0.475. The number of anilines is 1. The van der Waals surface area contributed by atoms with Crippen LogP contribution in [0.2, 0.25) is 0 Å². The number of aromatic nitrogens is 4. The van der Waals surface area contributed by atoms with Crippen LogP contribution < -0.4 is 5.73 Å². The van der Waals surface area contributed by atoms with Gasteiger partial charge in [0.15, 0.2) is 5.65 Å². The molecule has 6 nitrogen and oxygen atoms in total. The number of nitrogens with one attached hydrogen (secondary N) is 1. The van der Waals surface area contributed by atoms with Crippen molar-refractivity contribution >= 4 is 39.8 Å². The largest absolute Gasteiger partial charge is 0.382 e. The second-order valence-corrected chi connectivity index (χ2v) is 7.11. The predicted octanol–water partition coefficient (Wildman–Crippen LogP) is 4.93. The fourth-order valence-corrected chi connectivity index (χ4v) is 2.98. The highest BCUT2D eigenvalue weighted by Crippen LogP contribution is 2.37. The monoisotopic (exact) mass is 399 g/mol. The highest BCUT2D eigenvalue weighted by atomic mass is 32.2. The first-order valence-corrected chi connectivity index (χ1v) is 9.87. The standard InChI is InChI=1S/C18H16FN5.C2H6OS/c1-9(2)15-14(10-3-5-12(19)6-4-10)13-7-11-8-21-24-18(11)23-16(13)17(20)22-15;1-3-4-2/h3-9H,1-2H3,(H2,20,22)(H,21,23,24);1-2H3. The summed E-state index contributed by atoms with van der Waals surface area (Å²) in [5.74, 6) is 0.278. The van der Waals surface area contributed by atoms with Gasteiger partial charge in [-0.1, -0.05) is 26.0 Å². The zero-order valence-electron chi connectivity index (χ0n) is 16.2. The summed E-state index contributed by atoms with van der Waals surface area (Å²) in [5, 5.41) is 8.67. The van der Waals surface area contributed by atoms with Gasteiger partial charge in [-0.3, -0.25) is 5.10 Å². The Hall–Kier alpha value is -2.71. The number of hydrogen-bond acceptors (Lipinski definition) is 6. The van der Waals surface area contributed by atoms with Crippen molar-refractivity contribution in [3.05, 3.63) is 48.0 Å². The normalized spacial score (nSPS) is 11.1. The zero-order chi connectivity index (χ0) is 20.3. The lowest BCUT2D eigenvalue weighted by molar-refractivity contribution is 0.493. The van der Waals surface area contributed by atoms with Crippen molar-refractivity contribution in [2.24, 2.45) is 0 Å². The number of benzene rings is 1. The molecule has 4 aromatic rings. The summed E-state index contributed by atoms with van der Waals surface area (Å²) in [6.07, 6.45) is 3.60. The van der Waals surface area contributed by atoms with Crippen LogP contribution in [0.4, 0.5) is 10.2 Å². The van der Waals surface area contributed by atoms with Gasteiger partial charge in [-0.2, -0.15) is 5.10 Å². The number of nitrogen functional groups attached to an aromatic ring is 1. The average molecular weight is 399 g/mol. The fourth-order valence-electron chi connectivity index (χ4n) is 2.98. The maximum Gasteiger partial charge on any atom is 0.155 e. The molecule has 0 spiro atoms. The smallest absolute Gasteiger partial charge is 0.155 e. The Morgan fingerprint density at radius 1 is 1.18 bits per heavy atom. The molecule has 0 atom stereocenters. The van der Waals surface area contributed by atoms with E-state index in [0.717, 1.165) is 27.6 Å². The van der Waals surface area contributed by atoms with Crippen LogP contribution >= 0.6 is 12.0 Å². The Bertz CT molecular complexity index is 1090. The molecule has 8 heteroatoms. The van der Waals surface area contributed by atoms with Crippen molar-refractivity contribution in [3.63, 3.8) is 0 Å². The molecule has 0 aliphatic heterocycles. The van der Waals surface area contributed by atoms with E-state index in [4.69, 9.17) is 5.73 Å². The van der Waals surface area contributed by atoms with Gasteiger partial charge in [-0.15, -0.1) is 0 Å². The predicted molar refractivity (Wildman–Crippen MR) is 114 cm³/mol. The van der Waals surface area contributed by atoms with Gasteiger partial charge in [-0.25, -0.2) is 14.4 Å². The number of H-pyrrole nitrogens is 1. The molecular weight excluding hydrogens is 377 g/mol. The number of fused-ring (bicyclic) bond motifs is 2. The van der Waals surface area contributed by atoms with Gasteiger partial charge >= 0.3 is 0 Å². The maximum absolute atomic E-state index is 13.3. The molecule has 3 aromatic heterocycles. The van der Waals surface area contributed by atoms with Crippen LogP contribution in [0.15, 0.2) is 36.5 Å². The second kappa shape index (κ2) is 8.53. The average Bonchev–Trinajstić information content (AvgIpc) is 3.15. The Balaban J connectivity index is 0.000000516. The number of nitrogens with zero attached hydrogens (tertiary/aromatic N) is 3. The van der Waals surface area contributed by atoms with Gasteiger partial charge in [0, 0.05) is 22.6 Å². The number of halogens is 1. The van der Waals surface area contributed by atoms with Gasteiger partial charge in [0.05, 0.1) is 19.0 Å². The van der Waals surface area contributed by atoms with Gasteiger partial charge in [0.25, 0.3) is 0 Å². The van der Waals surface area contributed by atoms with E-state index >= 15 is 0 Å². The third-order valence-corrected chi connectivity index (χ3v) is 4.61. The van der Waals surface area contributed by atoms with E-state index in [0.29, 0.717) is 17.0 Å². The number of nitrogens with two attached hydrogens (primary N) is 1. The molecule has 0 saturated carbocycles. The third kappa shape index (κ3) is 3.93. The fraction of sp³-hybridized carbons (Fsp3) is 0.250. The Labute approximate surface area is 166 Å². The molecule has 4 rings (SSSR count). The molecule has 0 aliphatic carbocycles. The first-order valence-electron chi connectivity index (χ1n) is 8.72. The van der Waals surface area contributed by atoms with Crippen molar-refractivity contribution < 1.29 is 8.57 Å². The maximum atomic E-state index is 13.3. The first-order chi connectivity index (χ1) is 13.5. The van der Waals surface area contributed by atoms with Crippen molar-refractivity contribution in [2.75, 3.05) is 19.1 Å². The Kier molecular flexibility index (Phi) is 6.11. The van der Waals surface area contributed by atoms with Crippen LogP contribution in [0, 0.1) is 5.82 Å². The Morgan fingerprint density at radius 3 is 2.46 bits per heavy atom. The summed E-state index contributed by atoms with van der Waals surface area (Å²) >= 11 is 1.36. The molecule has 3 N–H and O–H groups in total. The Morgan fingerprint density at radius 2 is 1.86 bits per heavy atom. The summed E-state index contributed by atoms with van der Waals surface area (Å²) < 4.78 is 17.8. The van der Waals surface area contributed by atoms with Crippen LogP contribution in [-0.4, -0.2) is 33.5 Å². The van der Waals surface area contributed by atoms with E-state index in [1.54, 1.807) is 25.4 Å². The molecular formula is C20H22FN5OS. The lowest BCUT2D eigenvalue weighted by Crippen LogP contribution is -2.04. The molecule has 28 heavy (non-hydrogen) atoms. The number of rotatable bonds is 3. The van der Waals surface area contributed by atoms with E-state index in [1.165, 1.54) is 24.2 Å². The molecule has 0 bridgehead atoms. The van der Waals surface area contributed by atoms with Gasteiger partial charge in [0.1, 0.15) is 17.2 Å². The lowest BCUT2D eigenvalue weighted by Gasteiger charge is -2.16. The minimum absolute atomic E-state index is 0.164. The second-order valence-electron chi connectivity index (χ2n) is 6.44. The topological polar surface area (TPSA) is 89.7 Å². The van der Waals surface area contributed by atoms with Crippen LogP contribution in [-0.2, 0) is 4.18 Å². The highest BCUT2D eigenvalue weighted by molar-refractivity contribution is 7.93. The van der Waals surface area contributed by atoms with E-state index in [9.17, 15) is 4.39 Å². The van der Waals surface area contributed by atoms with E-state index in [2.05, 4.69) is 38.2 Å². The number of hydrogen-bond donors (Lipinski definition) is 2. The van der Waals surface area contributed by atoms with Gasteiger partial charge < -0.3 is 9.92 Å². The van der Waals surface area contributed by atoms with Crippen LogP contribution in [0.25, 0.3) is 33.1 Å². The van der Waals surface area contributed by atoms with Crippen molar-refractivity contribution in [3.8, 4) is 11.1 Å². The molecule has 0 unspecified atom stereocenters. The van der Waals surface area contributed by atoms with Crippen molar-refractivity contribution in [2.45, 2.75) is 19.8 Å². The number of pyridine rings is 2.